The van der Waals surface area contributed by atoms with E-state index in [9.17, 15) is 0 Å². The molecule has 0 N–H and O–H groups in total. The minimum atomic E-state index is 0.227. The third-order valence-electron chi connectivity index (χ3n) is 3.89. The van der Waals surface area contributed by atoms with Gasteiger partial charge < -0.3 is 4.74 Å². The summed E-state index contributed by atoms with van der Waals surface area (Å²) in [6.07, 6.45) is 0.944. The number of hydrogen-bond donors (Lipinski definition) is 0. The minimum Gasteiger partial charge on any atom is -0.496 e. The van der Waals surface area contributed by atoms with E-state index >= 15 is 0 Å². The first-order valence-corrected chi connectivity index (χ1v) is 8.68. The van der Waals surface area contributed by atoms with Gasteiger partial charge in [-0.3, -0.25) is 0 Å². The van der Waals surface area contributed by atoms with Gasteiger partial charge in [-0.05, 0) is 55.5 Å². The van der Waals surface area contributed by atoms with Crippen LogP contribution < -0.4 is 4.74 Å². The van der Waals surface area contributed by atoms with E-state index in [0.717, 1.165) is 22.2 Å². The van der Waals surface area contributed by atoms with Crippen molar-refractivity contribution < 1.29 is 4.74 Å². The Morgan fingerprint density at radius 2 is 1.76 bits per heavy atom. The highest BCUT2D eigenvalue weighted by Gasteiger charge is 2.20. The molecular formula is C18H20Br2O. The van der Waals surface area contributed by atoms with Gasteiger partial charge in [0.1, 0.15) is 5.75 Å². The second-order valence-corrected chi connectivity index (χ2v) is 7.31. The second kappa shape index (κ2) is 6.97. The first kappa shape index (κ1) is 16.6. The zero-order chi connectivity index (χ0) is 15.6. The van der Waals surface area contributed by atoms with Crippen LogP contribution in [0.4, 0.5) is 0 Å². The van der Waals surface area contributed by atoms with Gasteiger partial charge in [0.25, 0.3) is 0 Å². The first-order chi connectivity index (χ1) is 9.95. The summed E-state index contributed by atoms with van der Waals surface area (Å²) in [5, 5.41) is 0. The summed E-state index contributed by atoms with van der Waals surface area (Å²) in [4.78, 5) is 0.227. The Balaban J connectivity index is 2.44. The van der Waals surface area contributed by atoms with Crippen molar-refractivity contribution in [2.24, 2.45) is 0 Å². The normalized spacial score (nSPS) is 12.3. The van der Waals surface area contributed by atoms with E-state index in [4.69, 9.17) is 4.74 Å². The summed E-state index contributed by atoms with van der Waals surface area (Å²) in [5.41, 5.74) is 6.29. The highest BCUT2D eigenvalue weighted by molar-refractivity contribution is 9.10. The van der Waals surface area contributed by atoms with Crippen LogP contribution in [0.25, 0.3) is 0 Å². The Labute approximate surface area is 144 Å². The number of methoxy groups -OCH3 is 1. The molecule has 1 unspecified atom stereocenters. The quantitative estimate of drug-likeness (QED) is 0.555. The molecule has 0 radical (unpaired) electrons. The maximum Gasteiger partial charge on any atom is 0.126 e. The Morgan fingerprint density at radius 3 is 2.38 bits per heavy atom. The van der Waals surface area contributed by atoms with Gasteiger partial charge in [-0.1, -0.05) is 56.1 Å². The molecule has 0 fully saturated rings. The molecule has 0 bridgehead atoms. The molecule has 1 atom stereocenters. The van der Waals surface area contributed by atoms with Gasteiger partial charge >= 0.3 is 0 Å². The number of hydrogen-bond acceptors (Lipinski definition) is 1. The number of ether oxygens (including phenoxy) is 1. The molecule has 0 aliphatic rings. The van der Waals surface area contributed by atoms with Crippen molar-refractivity contribution in [3.05, 3.63) is 62.6 Å². The van der Waals surface area contributed by atoms with Crippen LogP contribution >= 0.6 is 31.9 Å². The first-order valence-electron chi connectivity index (χ1n) is 6.97. The van der Waals surface area contributed by atoms with Crippen molar-refractivity contribution in [1.29, 1.82) is 0 Å². The summed E-state index contributed by atoms with van der Waals surface area (Å²) in [5.74, 6) is 0.978. The molecule has 0 aliphatic carbocycles. The smallest absolute Gasteiger partial charge is 0.126 e. The molecular weight excluding hydrogens is 392 g/mol. The van der Waals surface area contributed by atoms with Gasteiger partial charge in [-0.15, -0.1) is 0 Å². The number of alkyl halides is 1. The third kappa shape index (κ3) is 3.51. The topological polar surface area (TPSA) is 9.23 Å². The Kier molecular flexibility index (Phi) is 5.50. The van der Waals surface area contributed by atoms with E-state index in [0.29, 0.717) is 0 Å². The molecule has 0 spiro atoms. The van der Waals surface area contributed by atoms with Crippen molar-refractivity contribution in [3.63, 3.8) is 0 Å². The van der Waals surface area contributed by atoms with E-state index in [1.807, 2.05) is 0 Å². The van der Waals surface area contributed by atoms with Gasteiger partial charge in [0.05, 0.1) is 7.11 Å². The molecule has 0 aromatic heterocycles. The fraction of sp³-hybridized carbons (Fsp3) is 0.333. The molecule has 2 aromatic rings. The molecule has 2 aromatic carbocycles. The van der Waals surface area contributed by atoms with Gasteiger partial charge in [0, 0.05) is 14.9 Å². The Hall–Kier alpha value is -0.800. The highest BCUT2D eigenvalue weighted by atomic mass is 79.9. The molecule has 0 saturated heterocycles. The lowest BCUT2D eigenvalue weighted by atomic mass is 9.95. The number of halogens is 2. The third-order valence-corrected chi connectivity index (χ3v) is 5.49. The minimum absolute atomic E-state index is 0.227. The number of aryl methyl sites for hydroxylation is 2. The molecule has 112 valence electrons. The van der Waals surface area contributed by atoms with Crippen LogP contribution in [0.5, 0.6) is 5.75 Å². The molecule has 0 aliphatic heterocycles. The summed E-state index contributed by atoms with van der Waals surface area (Å²) < 4.78 is 6.78. The molecule has 0 heterocycles. The summed E-state index contributed by atoms with van der Waals surface area (Å²) >= 11 is 7.52. The highest BCUT2D eigenvalue weighted by Crippen LogP contribution is 2.41. The van der Waals surface area contributed by atoms with Gasteiger partial charge in [-0.2, -0.15) is 0 Å². The lowest BCUT2D eigenvalue weighted by Crippen LogP contribution is -2.04. The van der Waals surface area contributed by atoms with E-state index in [2.05, 4.69) is 83.0 Å². The van der Waals surface area contributed by atoms with E-state index in [1.165, 1.54) is 22.3 Å². The summed E-state index contributed by atoms with van der Waals surface area (Å²) in [6.45, 7) is 6.37. The number of rotatable bonds is 4. The van der Waals surface area contributed by atoms with Gasteiger partial charge in [-0.25, -0.2) is 0 Å². The van der Waals surface area contributed by atoms with Crippen LogP contribution in [-0.4, -0.2) is 7.11 Å². The maximum atomic E-state index is 5.65. The van der Waals surface area contributed by atoms with Crippen molar-refractivity contribution in [2.75, 3.05) is 7.11 Å². The molecule has 1 nitrogen and oxygen atoms in total. The molecule has 2 rings (SSSR count). The standard InChI is InChI=1S/C18H20Br2O/c1-11-7-5-6-8-14(11)10-16(20)17-13(3)15(19)9-12(2)18(17)21-4/h5-9,16H,10H2,1-4H3. The lowest BCUT2D eigenvalue weighted by molar-refractivity contribution is 0.405. The zero-order valence-corrected chi connectivity index (χ0v) is 16.0. The van der Waals surface area contributed by atoms with Gasteiger partial charge in [0.2, 0.25) is 0 Å². The lowest BCUT2D eigenvalue weighted by Gasteiger charge is -2.21. The van der Waals surface area contributed by atoms with Crippen LogP contribution in [-0.2, 0) is 6.42 Å². The summed E-state index contributed by atoms with van der Waals surface area (Å²) in [7, 11) is 1.74. The number of benzene rings is 2. The van der Waals surface area contributed by atoms with Crippen molar-refractivity contribution in [2.45, 2.75) is 32.0 Å². The van der Waals surface area contributed by atoms with E-state index < -0.39 is 0 Å². The predicted octanol–water partition coefficient (Wildman–Crippen LogP) is 6.06. The molecule has 0 saturated carbocycles. The van der Waals surface area contributed by atoms with Crippen LogP contribution in [0.3, 0.4) is 0 Å². The largest absolute Gasteiger partial charge is 0.496 e. The van der Waals surface area contributed by atoms with Crippen molar-refractivity contribution in [1.82, 2.24) is 0 Å². The average molecular weight is 412 g/mol. The Bertz CT molecular complexity index is 650. The van der Waals surface area contributed by atoms with Crippen LogP contribution in [0.2, 0.25) is 0 Å². The fourth-order valence-corrected chi connectivity index (χ4v) is 4.11. The molecule has 3 heteroatoms. The molecule has 0 amide bonds. The molecule has 21 heavy (non-hydrogen) atoms. The van der Waals surface area contributed by atoms with Gasteiger partial charge in [0.15, 0.2) is 0 Å². The second-order valence-electron chi connectivity index (χ2n) is 5.35. The fourth-order valence-electron chi connectivity index (χ4n) is 2.66. The SMILES string of the molecule is COc1c(C)cc(Br)c(C)c1C(Br)Cc1ccccc1C. The van der Waals surface area contributed by atoms with E-state index in [1.54, 1.807) is 7.11 Å². The van der Waals surface area contributed by atoms with Crippen molar-refractivity contribution >= 4 is 31.9 Å². The maximum absolute atomic E-state index is 5.65. The predicted molar refractivity (Wildman–Crippen MR) is 96.7 cm³/mol. The Morgan fingerprint density at radius 1 is 1.10 bits per heavy atom. The summed E-state index contributed by atoms with van der Waals surface area (Å²) in [6, 6.07) is 10.6. The zero-order valence-electron chi connectivity index (χ0n) is 12.8. The average Bonchev–Trinajstić information content (AvgIpc) is 2.44. The van der Waals surface area contributed by atoms with E-state index in [-0.39, 0.29) is 4.83 Å². The van der Waals surface area contributed by atoms with Crippen LogP contribution in [0.1, 0.15) is 32.6 Å². The van der Waals surface area contributed by atoms with Crippen molar-refractivity contribution in [3.8, 4) is 5.75 Å². The monoisotopic (exact) mass is 410 g/mol. The van der Waals surface area contributed by atoms with Crippen LogP contribution in [0.15, 0.2) is 34.8 Å². The van der Waals surface area contributed by atoms with Crippen LogP contribution in [0, 0.1) is 20.8 Å².